The summed E-state index contributed by atoms with van der Waals surface area (Å²) in [4.78, 5) is 18.2. The Morgan fingerprint density at radius 1 is 1.43 bits per heavy atom. The molecule has 2 aromatic heterocycles. The average Bonchev–Trinajstić information content (AvgIpc) is 2.92. The van der Waals surface area contributed by atoms with Crippen LogP contribution in [0.1, 0.15) is 41.9 Å². The maximum absolute atomic E-state index is 11.2. The Morgan fingerprint density at radius 3 is 2.81 bits per heavy atom. The number of thiazole rings is 1. The average molecular weight is 306 g/mol. The Bertz CT molecular complexity index is 652. The zero-order chi connectivity index (χ0) is 15.0. The number of rotatable bonds is 4. The second-order valence-electron chi connectivity index (χ2n) is 5.97. The summed E-state index contributed by atoms with van der Waals surface area (Å²) in [5, 5.41) is 3.62. The van der Waals surface area contributed by atoms with Crippen molar-refractivity contribution in [2.75, 3.05) is 0 Å². The first kappa shape index (κ1) is 14.5. The van der Waals surface area contributed by atoms with Gasteiger partial charge in [-0.05, 0) is 39.5 Å². The Morgan fingerprint density at radius 2 is 2.14 bits per heavy atom. The molecule has 0 bridgehead atoms. The van der Waals surface area contributed by atoms with Crippen LogP contribution < -0.4 is 11.1 Å². The van der Waals surface area contributed by atoms with Crippen LogP contribution in [0.15, 0.2) is 6.20 Å². The van der Waals surface area contributed by atoms with E-state index in [9.17, 15) is 4.79 Å². The van der Waals surface area contributed by atoms with Crippen molar-refractivity contribution in [2.24, 2.45) is 11.7 Å². The highest BCUT2D eigenvalue weighted by Crippen LogP contribution is 2.25. The summed E-state index contributed by atoms with van der Waals surface area (Å²) >= 11 is 1.72. The van der Waals surface area contributed by atoms with Gasteiger partial charge in [-0.15, -0.1) is 11.3 Å². The van der Waals surface area contributed by atoms with Gasteiger partial charge in [-0.25, -0.2) is 4.98 Å². The number of nitrogens with one attached hydrogen (secondary N) is 1. The molecule has 0 radical (unpaired) electrons. The molecule has 0 saturated heterocycles. The van der Waals surface area contributed by atoms with E-state index >= 15 is 0 Å². The smallest absolute Gasteiger partial charge is 0.220 e. The molecule has 0 spiro atoms. The minimum Gasteiger partial charge on any atom is -0.369 e. The molecule has 3 rings (SSSR count). The highest BCUT2D eigenvalue weighted by molar-refractivity contribution is 7.17. The van der Waals surface area contributed by atoms with Crippen LogP contribution in [0, 0.1) is 19.8 Å². The van der Waals surface area contributed by atoms with Gasteiger partial charge in [-0.2, -0.15) is 0 Å². The van der Waals surface area contributed by atoms with E-state index in [1.807, 2.05) is 0 Å². The molecule has 0 aliphatic heterocycles. The van der Waals surface area contributed by atoms with Crippen molar-refractivity contribution in [2.45, 2.75) is 52.1 Å². The molecule has 21 heavy (non-hydrogen) atoms. The first-order valence-electron chi connectivity index (χ1n) is 7.51. The van der Waals surface area contributed by atoms with Gasteiger partial charge in [-0.1, -0.05) is 0 Å². The second kappa shape index (κ2) is 5.77. The van der Waals surface area contributed by atoms with E-state index in [-0.39, 0.29) is 11.8 Å². The number of nitrogens with two attached hydrogens (primary N) is 1. The van der Waals surface area contributed by atoms with Gasteiger partial charge in [-0.3, -0.25) is 9.20 Å². The molecule has 1 fully saturated rings. The standard InChI is InChI=1S/C15H22N4OS/c1-9-8-19-13(10(2)18-15(19)21-9)7-17-12-5-3-11(4-6-12)14(16)20/h8,11-12,17H,3-7H2,1-2H3,(H2,16,20). The van der Waals surface area contributed by atoms with Gasteiger partial charge in [0.15, 0.2) is 4.96 Å². The number of carbonyl (C=O) groups excluding carboxylic acids is 1. The van der Waals surface area contributed by atoms with E-state index in [1.54, 1.807) is 11.3 Å². The summed E-state index contributed by atoms with van der Waals surface area (Å²) in [6, 6.07) is 0.477. The van der Waals surface area contributed by atoms with Gasteiger partial charge in [0.2, 0.25) is 5.91 Å². The topological polar surface area (TPSA) is 72.4 Å². The molecule has 2 aromatic rings. The maximum Gasteiger partial charge on any atom is 0.220 e. The van der Waals surface area contributed by atoms with E-state index in [4.69, 9.17) is 5.73 Å². The van der Waals surface area contributed by atoms with Crippen molar-refractivity contribution >= 4 is 22.2 Å². The third-order valence-corrected chi connectivity index (χ3v) is 5.33. The van der Waals surface area contributed by atoms with Crippen LogP contribution in [0.25, 0.3) is 4.96 Å². The fraction of sp³-hybridized carbons (Fsp3) is 0.600. The van der Waals surface area contributed by atoms with Crippen LogP contribution in [-0.2, 0) is 11.3 Å². The van der Waals surface area contributed by atoms with Crippen LogP contribution in [0.2, 0.25) is 0 Å². The number of nitrogens with zero attached hydrogens (tertiary/aromatic N) is 2. The summed E-state index contributed by atoms with van der Waals surface area (Å²) in [6.07, 6.45) is 6.02. The largest absolute Gasteiger partial charge is 0.369 e. The third kappa shape index (κ3) is 2.96. The van der Waals surface area contributed by atoms with Gasteiger partial charge in [0.1, 0.15) is 0 Å². The van der Waals surface area contributed by atoms with Gasteiger partial charge in [0.25, 0.3) is 0 Å². The lowest BCUT2D eigenvalue weighted by atomic mass is 9.85. The van der Waals surface area contributed by atoms with Crippen molar-refractivity contribution in [1.29, 1.82) is 0 Å². The van der Waals surface area contributed by atoms with E-state index in [1.165, 1.54) is 10.6 Å². The highest BCUT2D eigenvalue weighted by atomic mass is 32.1. The first-order valence-corrected chi connectivity index (χ1v) is 8.33. The number of aryl methyl sites for hydroxylation is 2. The van der Waals surface area contributed by atoms with Crippen molar-refractivity contribution in [1.82, 2.24) is 14.7 Å². The second-order valence-corrected chi connectivity index (χ2v) is 7.18. The van der Waals surface area contributed by atoms with Crippen molar-refractivity contribution in [3.05, 3.63) is 22.5 Å². The van der Waals surface area contributed by atoms with Crippen molar-refractivity contribution in [3.8, 4) is 0 Å². The fourth-order valence-corrected chi connectivity index (χ4v) is 4.03. The molecular weight excluding hydrogens is 284 g/mol. The minimum absolute atomic E-state index is 0.0750. The van der Waals surface area contributed by atoms with E-state index in [0.717, 1.165) is 42.9 Å². The number of carbonyl (C=O) groups is 1. The molecule has 1 saturated carbocycles. The quantitative estimate of drug-likeness (QED) is 0.909. The van der Waals surface area contributed by atoms with Crippen molar-refractivity contribution < 1.29 is 4.79 Å². The number of imidazole rings is 1. The Labute approximate surface area is 128 Å². The molecule has 0 atom stereocenters. The number of primary amides is 1. The molecule has 114 valence electrons. The van der Waals surface area contributed by atoms with Crippen LogP contribution in [0.4, 0.5) is 0 Å². The third-order valence-electron chi connectivity index (χ3n) is 4.43. The van der Waals surface area contributed by atoms with Crippen LogP contribution in [-0.4, -0.2) is 21.3 Å². The summed E-state index contributed by atoms with van der Waals surface area (Å²) in [5.41, 5.74) is 7.72. The molecule has 2 heterocycles. The number of amides is 1. The zero-order valence-electron chi connectivity index (χ0n) is 12.6. The van der Waals surface area contributed by atoms with Gasteiger partial charge in [0, 0.05) is 29.6 Å². The zero-order valence-corrected chi connectivity index (χ0v) is 13.4. The fourth-order valence-electron chi connectivity index (χ4n) is 3.15. The lowest BCUT2D eigenvalue weighted by Gasteiger charge is -2.27. The van der Waals surface area contributed by atoms with Crippen molar-refractivity contribution in [3.63, 3.8) is 0 Å². The van der Waals surface area contributed by atoms with Gasteiger partial charge in [0.05, 0.1) is 11.4 Å². The highest BCUT2D eigenvalue weighted by Gasteiger charge is 2.24. The molecular formula is C15H22N4OS. The van der Waals surface area contributed by atoms with E-state index in [0.29, 0.717) is 6.04 Å². The molecule has 1 amide bonds. The maximum atomic E-state index is 11.2. The SMILES string of the molecule is Cc1cn2c(CNC3CCC(C(N)=O)CC3)c(C)nc2s1. The molecule has 1 aliphatic carbocycles. The Hall–Kier alpha value is -1.40. The normalized spacial score (nSPS) is 22.8. The number of hydrogen-bond donors (Lipinski definition) is 2. The summed E-state index contributed by atoms with van der Waals surface area (Å²) in [7, 11) is 0. The number of aromatic nitrogens is 2. The Kier molecular flexibility index (Phi) is 3.99. The number of hydrogen-bond acceptors (Lipinski definition) is 4. The predicted molar refractivity (Wildman–Crippen MR) is 84.3 cm³/mol. The molecule has 0 aromatic carbocycles. The Balaban J connectivity index is 1.62. The van der Waals surface area contributed by atoms with Gasteiger partial charge >= 0.3 is 0 Å². The molecule has 0 unspecified atom stereocenters. The predicted octanol–water partition coefficient (Wildman–Crippen LogP) is 2.15. The lowest BCUT2D eigenvalue weighted by Crippen LogP contribution is -2.36. The monoisotopic (exact) mass is 306 g/mol. The molecule has 6 heteroatoms. The van der Waals surface area contributed by atoms with Crippen LogP contribution >= 0.6 is 11.3 Å². The van der Waals surface area contributed by atoms with Crippen LogP contribution in [0.5, 0.6) is 0 Å². The van der Waals surface area contributed by atoms with E-state index < -0.39 is 0 Å². The van der Waals surface area contributed by atoms with Crippen LogP contribution in [0.3, 0.4) is 0 Å². The number of fused-ring (bicyclic) bond motifs is 1. The summed E-state index contributed by atoms with van der Waals surface area (Å²) < 4.78 is 2.19. The first-order chi connectivity index (χ1) is 10.0. The summed E-state index contributed by atoms with van der Waals surface area (Å²) in [5.74, 6) is -0.0680. The minimum atomic E-state index is -0.143. The molecule has 1 aliphatic rings. The van der Waals surface area contributed by atoms with Gasteiger partial charge < -0.3 is 11.1 Å². The molecule has 5 nitrogen and oxygen atoms in total. The van der Waals surface area contributed by atoms with E-state index in [2.05, 4.69) is 34.7 Å². The lowest BCUT2D eigenvalue weighted by molar-refractivity contribution is -0.122. The summed E-state index contributed by atoms with van der Waals surface area (Å²) in [6.45, 7) is 5.00. The molecule has 3 N–H and O–H groups in total.